The van der Waals surface area contributed by atoms with Crippen LogP contribution < -0.4 is 0 Å². The number of hydrogen-bond donors (Lipinski definition) is 0. The fourth-order valence-corrected chi connectivity index (χ4v) is 4.57. The van der Waals surface area contributed by atoms with Crippen LogP contribution in [0.15, 0.2) is 48.6 Å². The Hall–Kier alpha value is -0.326. The first-order chi connectivity index (χ1) is 9.88. The van der Waals surface area contributed by atoms with Crippen molar-refractivity contribution in [1.82, 2.24) is 0 Å². The molecule has 0 radical (unpaired) electrons. The van der Waals surface area contributed by atoms with Crippen LogP contribution in [0.1, 0.15) is 25.7 Å². The summed E-state index contributed by atoms with van der Waals surface area (Å²) < 4.78 is 0. The maximum Gasteiger partial charge on any atom is 4.00 e. The summed E-state index contributed by atoms with van der Waals surface area (Å²) in [6, 6.07) is 0. The van der Waals surface area contributed by atoms with E-state index in [1.165, 1.54) is 25.7 Å². The predicted octanol–water partition coefficient (Wildman–Crippen LogP) is 5.83. The summed E-state index contributed by atoms with van der Waals surface area (Å²) in [6.45, 7) is 0. The molecule has 4 aliphatic carbocycles. The predicted molar refractivity (Wildman–Crippen MR) is 97.4 cm³/mol. The molecular formula is C22H30Ti. The topological polar surface area (TPSA) is 0 Å². The van der Waals surface area contributed by atoms with Gasteiger partial charge in [0.15, 0.2) is 0 Å². The van der Waals surface area contributed by atoms with Gasteiger partial charge in [-0.3, -0.25) is 0 Å². The van der Waals surface area contributed by atoms with Gasteiger partial charge in [0, 0.05) is 0 Å². The van der Waals surface area contributed by atoms with Crippen molar-refractivity contribution in [2.75, 3.05) is 0 Å². The number of hydrogen-bond acceptors (Lipinski definition) is 0. The third-order valence-corrected chi connectivity index (χ3v) is 5.64. The van der Waals surface area contributed by atoms with Gasteiger partial charge in [-0.15, -0.1) is 24.0 Å². The molecule has 1 heteroatoms. The van der Waals surface area contributed by atoms with Crippen LogP contribution in [0.4, 0.5) is 0 Å². The molecule has 0 aliphatic heterocycles. The van der Waals surface area contributed by atoms with Crippen molar-refractivity contribution in [3.63, 3.8) is 0 Å². The van der Waals surface area contributed by atoms with Crippen LogP contribution >= 0.6 is 0 Å². The van der Waals surface area contributed by atoms with E-state index in [0.717, 1.165) is 35.5 Å². The van der Waals surface area contributed by atoms with Crippen molar-refractivity contribution in [2.24, 2.45) is 35.5 Å². The van der Waals surface area contributed by atoms with E-state index < -0.39 is 0 Å². The van der Waals surface area contributed by atoms with E-state index in [9.17, 15) is 0 Å². The standard InChI is InChI=1S/C20H24.2CH3.Ti/c1-2-6-18-12-15(11-17(18)5-1)9-10-16-13-19-7-3-4-8-20(19)14-16;;;/h1-8,11,13,15-20H,9-10,12,14H2;2*1H3;/q-2;2*-1;+4. The largest absolute Gasteiger partial charge is 4.00 e. The van der Waals surface area contributed by atoms with Crippen LogP contribution in [-0.2, 0) is 21.7 Å². The third-order valence-electron chi connectivity index (χ3n) is 5.64. The third kappa shape index (κ3) is 4.61. The van der Waals surface area contributed by atoms with Gasteiger partial charge >= 0.3 is 21.7 Å². The Bertz CT molecular complexity index is 386. The second kappa shape index (κ2) is 9.23. The minimum absolute atomic E-state index is 0. The molecule has 122 valence electrons. The van der Waals surface area contributed by atoms with E-state index >= 15 is 0 Å². The molecule has 0 bridgehead atoms. The van der Waals surface area contributed by atoms with Crippen LogP contribution in [-0.4, -0.2) is 0 Å². The summed E-state index contributed by atoms with van der Waals surface area (Å²) in [7, 11) is 0. The summed E-state index contributed by atoms with van der Waals surface area (Å²) in [5.74, 6) is 4.74. The van der Waals surface area contributed by atoms with Crippen molar-refractivity contribution in [1.29, 1.82) is 0 Å². The van der Waals surface area contributed by atoms with E-state index in [1.807, 2.05) is 0 Å². The molecule has 2 fully saturated rings. The zero-order chi connectivity index (χ0) is 13.4. The molecule has 0 aromatic carbocycles. The van der Waals surface area contributed by atoms with Gasteiger partial charge in [-0.25, -0.2) is 0 Å². The molecule has 0 heterocycles. The van der Waals surface area contributed by atoms with E-state index in [4.69, 9.17) is 0 Å². The molecular weight excluding hydrogens is 312 g/mol. The smallest absolute Gasteiger partial charge is 0.358 e. The molecule has 6 atom stereocenters. The first kappa shape index (κ1) is 20.7. The molecule has 0 saturated heterocycles. The molecule has 4 aliphatic rings. The van der Waals surface area contributed by atoms with E-state index in [2.05, 4.69) is 61.4 Å². The van der Waals surface area contributed by atoms with Crippen molar-refractivity contribution in [3.05, 3.63) is 76.3 Å². The van der Waals surface area contributed by atoms with Crippen molar-refractivity contribution in [3.8, 4) is 0 Å². The van der Waals surface area contributed by atoms with Crippen LogP contribution in [0.5, 0.6) is 0 Å². The van der Waals surface area contributed by atoms with Crippen LogP contribution in [0.2, 0.25) is 0 Å². The SMILES string of the molecule is C1=CC2[CH-]C(CCC3[CH-]C4C=CC=CC4C3)CC2C=C1.[CH3-].[CH3-].[Ti+4]. The molecule has 0 nitrogen and oxygen atoms in total. The van der Waals surface area contributed by atoms with Gasteiger partial charge in [-0.2, -0.15) is 11.8 Å². The minimum Gasteiger partial charge on any atom is -0.358 e. The van der Waals surface area contributed by atoms with Crippen LogP contribution in [0.25, 0.3) is 0 Å². The molecule has 4 rings (SSSR count). The zero-order valence-corrected chi connectivity index (χ0v) is 16.1. The Morgan fingerprint density at radius 3 is 1.43 bits per heavy atom. The van der Waals surface area contributed by atoms with Gasteiger partial charge in [0.2, 0.25) is 0 Å². The first-order valence-electron chi connectivity index (χ1n) is 8.28. The fourth-order valence-electron chi connectivity index (χ4n) is 4.57. The number of fused-ring (bicyclic) bond motifs is 2. The normalized spacial score (nSPS) is 39.0. The Morgan fingerprint density at radius 1 is 0.652 bits per heavy atom. The van der Waals surface area contributed by atoms with Crippen molar-refractivity contribution in [2.45, 2.75) is 25.7 Å². The first-order valence-corrected chi connectivity index (χ1v) is 8.28. The molecule has 2 saturated carbocycles. The molecule has 0 spiro atoms. The van der Waals surface area contributed by atoms with Gasteiger partial charge in [-0.1, -0.05) is 62.1 Å². The summed E-state index contributed by atoms with van der Waals surface area (Å²) in [6.07, 6.45) is 29.3. The minimum atomic E-state index is 0. The Morgan fingerprint density at radius 2 is 1.04 bits per heavy atom. The molecule has 6 unspecified atom stereocenters. The van der Waals surface area contributed by atoms with Crippen molar-refractivity contribution < 1.29 is 21.7 Å². The van der Waals surface area contributed by atoms with Gasteiger partial charge in [0.25, 0.3) is 0 Å². The Balaban J connectivity index is 0.000000882. The molecule has 0 N–H and O–H groups in total. The summed E-state index contributed by atoms with van der Waals surface area (Å²) in [5.41, 5.74) is 0. The molecule has 0 amide bonds. The summed E-state index contributed by atoms with van der Waals surface area (Å²) in [4.78, 5) is 0. The van der Waals surface area contributed by atoms with Gasteiger partial charge in [0.05, 0.1) is 0 Å². The molecule has 0 aromatic heterocycles. The quantitative estimate of drug-likeness (QED) is 0.447. The molecule has 0 aromatic rings. The van der Waals surface area contributed by atoms with E-state index in [0.29, 0.717) is 0 Å². The van der Waals surface area contributed by atoms with Crippen molar-refractivity contribution >= 4 is 0 Å². The second-order valence-electron chi connectivity index (χ2n) is 6.98. The fraction of sp³-hybridized carbons (Fsp3) is 0.455. The van der Waals surface area contributed by atoms with Gasteiger partial charge in [0.1, 0.15) is 0 Å². The number of allylic oxidation sites excluding steroid dienone is 8. The average molecular weight is 342 g/mol. The Kier molecular flexibility index (Phi) is 8.32. The van der Waals surface area contributed by atoms with Crippen LogP contribution in [0, 0.1) is 63.2 Å². The maximum atomic E-state index is 2.62. The summed E-state index contributed by atoms with van der Waals surface area (Å²) in [5, 5.41) is 0. The van der Waals surface area contributed by atoms with Gasteiger partial charge in [-0.05, 0) is 11.8 Å². The number of rotatable bonds is 3. The van der Waals surface area contributed by atoms with E-state index in [-0.39, 0.29) is 36.6 Å². The monoisotopic (exact) mass is 342 g/mol. The summed E-state index contributed by atoms with van der Waals surface area (Å²) >= 11 is 0. The zero-order valence-electron chi connectivity index (χ0n) is 14.6. The maximum absolute atomic E-state index is 2.62. The van der Waals surface area contributed by atoms with Gasteiger partial charge < -0.3 is 27.7 Å². The Labute approximate surface area is 159 Å². The van der Waals surface area contributed by atoms with E-state index in [1.54, 1.807) is 0 Å². The second-order valence-corrected chi connectivity index (χ2v) is 6.98. The molecule has 23 heavy (non-hydrogen) atoms. The average Bonchev–Trinajstić information content (AvgIpc) is 3.07. The van der Waals surface area contributed by atoms with Crippen LogP contribution in [0.3, 0.4) is 0 Å².